The Hall–Kier alpha value is -1.88. The van der Waals surface area contributed by atoms with Gasteiger partial charge in [-0.15, -0.1) is 0 Å². The number of rotatable bonds is 5. The maximum Gasteiger partial charge on any atom is 0.323 e. The van der Waals surface area contributed by atoms with Crippen molar-refractivity contribution in [2.75, 3.05) is 6.54 Å². The minimum absolute atomic E-state index is 0.205. The van der Waals surface area contributed by atoms with E-state index in [1.165, 1.54) is 4.90 Å². The highest BCUT2D eigenvalue weighted by Crippen LogP contribution is 2.14. The summed E-state index contributed by atoms with van der Waals surface area (Å²) >= 11 is 0. The number of nitrogens with two attached hydrogens (primary N) is 1. The fourth-order valence-corrected chi connectivity index (χ4v) is 1.64. The average molecular weight is 250 g/mol. The summed E-state index contributed by atoms with van der Waals surface area (Å²) in [6, 6.07) is 7.89. The van der Waals surface area contributed by atoms with Crippen molar-refractivity contribution in [1.82, 2.24) is 4.90 Å². The predicted octanol–water partition coefficient (Wildman–Crippen LogP) is 1.01. The third-order valence-electron chi connectivity index (χ3n) is 2.64. The Morgan fingerprint density at radius 1 is 1.28 bits per heavy atom. The summed E-state index contributed by atoms with van der Waals surface area (Å²) in [5.74, 6) is -1.42. The molecular formula is C13H18N2O3. The minimum atomic E-state index is -1.04. The Bertz CT molecular complexity index is 418. The number of benzene rings is 1. The number of carbonyl (C=O) groups excluding carboxylic acids is 1. The Balaban J connectivity index is 2.86. The van der Waals surface area contributed by atoms with Gasteiger partial charge in [0.05, 0.1) is 0 Å². The lowest BCUT2D eigenvalue weighted by Gasteiger charge is -2.27. The maximum absolute atomic E-state index is 12.2. The smallest absolute Gasteiger partial charge is 0.323 e. The van der Waals surface area contributed by atoms with Crippen molar-refractivity contribution in [3.63, 3.8) is 0 Å². The third-order valence-corrected chi connectivity index (χ3v) is 2.64. The van der Waals surface area contributed by atoms with Crippen LogP contribution in [0.5, 0.6) is 0 Å². The number of hydrogen-bond donors (Lipinski definition) is 2. The van der Waals surface area contributed by atoms with E-state index in [0.717, 1.165) is 0 Å². The largest absolute Gasteiger partial charge is 0.480 e. The van der Waals surface area contributed by atoms with Gasteiger partial charge in [-0.3, -0.25) is 9.59 Å². The molecule has 1 aromatic rings. The molecule has 5 heteroatoms. The molecular weight excluding hydrogens is 232 g/mol. The van der Waals surface area contributed by atoms with Crippen molar-refractivity contribution in [3.05, 3.63) is 35.9 Å². The van der Waals surface area contributed by atoms with E-state index < -0.39 is 12.0 Å². The van der Waals surface area contributed by atoms with Crippen LogP contribution in [0.15, 0.2) is 30.3 Å². The highest BCUT2D eigenvalue weighted by Gasteiger charge is 2.25. The molecule has 1 atom stereocenters. The molecule has 18 heavy (non-hydrogen) atoms. The molecule has 0 spiro atoms. The molecule has 0 fully saturated rings. The molecule has 0 saturated heterocycles. The second-order valence-corrected chi connectivity index (χ2v) is 4.34. The van der Waals surface area contributed by atoms with Gasteiger partial charge in [-0.2, -0.15) is 0 Å². The van der Waals surface area contributed by atoms with Gasteiger partial charge >= 0.3 is 5.97 Å². The number of carbonyl (C=O) groups is 2. The zero-order valence-electron chi connectivity index (χ0n) is 10.5. The van der Waals surface area contributed by atoms with E-state index in [1.807, 2.05) is 6.07 Å². The third kappa shape index (κ3) is 3.56. The summed E-state index contributed by atoms with van der Waals surface area (Å²) in [6.07, 6.45) is 0. The van der Waals surface area contributed by atoms with Gasteiger partial charge in [-0.25, -0.2) is 0 Å². The van der Waals surface area contributed by atoms with Gasteiger partial charge in [0.2, 0.25) is 5.91 Å². The van der Waals surface area contributed by atoms with Gasteiger partial charge in [-0.05, 0) is 19.4 Å². The standard InChI is InChI=1S/C13H18N2O3/c1-9(2)15(8-11(16)17)13(18)12(14)10-6-4-3-5-7-10/h3-7,9,12H,8,14H2,1-2H3,(H,16,17). The molecule has 0 bridgehead atoms. The molecule has 0 heterocycles. The molecule has 1 rings (SSSR count). The number of nitrogens with zero attached hydrogens (tertiary/aromatic N) is 1. The van der Waals surface area contributed by atoms with E-state index in [0.29, 0.717) is 5.56 Å². The van der Waals surface area contributed by atoms with Crippen molar-refractivity contribution in [2.45, 2.75) is 25.9 Å². The number of hydrogen-bond acceptors (Lipinski definition) is 3. The second-order valence-electron chi connectivity index (χ2n) is 4.34. The lowest BCUT2D eigenvalue weighted by Crippen LogP contribution is -2.45. The average Bonchev–Trinajstić information content (AvgIpc) is 2.34. The van der Waals surface area contributed by atoms with Gasteiger partial charge in [0, 0.05) is 6.04 Å². The predicted molar refractivity (Wildman–Crippen MR) is 67.9 cm³/mol. The maximum atomic E-state index is 12.2. The molecule has 1 amide bonds. The summed E-state index contributed by atoms with van der Waals surface area (Å²) in [7, 11) is 0. The summed E-state index contributed by atoms with van der Waals surface area (Å²) in [4.78, 5) is 24.2. The van der Waals surface area contributed by atoms with Crippen LogP contribution < -0.4 is 5.73 Å². The van der Waals surface area contributed by atoms with Crippen LogP contribution in [-0.2, 0) is 9.59 Å². The second kappa shape index (κ2) is 6.16. The van der Waals surface area contributed by atoms with E-state index in [-0.39, 0.29) is 18.5 Å². The molecule has 0 radical (unpaired) electrons. The first-order valence-corrected chi connectivity index (χ1v) is 5.76. The SMILES string of the molecule is CC(C)N(CC(=O)O)C(=O)C(N)c1ccccc1. The summed E-state index contributed by atoms with van der Waals surface area (Å²) < 4.78 is 0. The molecule has 98 valence electrons. The topological polar surface area (TPSA) is 83.6 Å². The Labute approximate surface area is 106 Å². The van der Waals surface area contributed by atoms with Gasteiger partial charge < -0.3 is 15.7 Å². The molecule has 0 aliphatic rings. The first-order chi connectivity index (χ1) is 8.43. The fraction of sp³-hybridized carbons (Fsp3) is 0.385. The van der Waals surface area contributed by atoms with Crippen LogP contribution in [0.2, 0.25) is 0 Å². The van der Waals surface area contributed by atoms with Crippen LogP contribution in [0.3, 0.4) is 0 Å². The minimum Gasteiger partial charge on any atom is -0.480 e. The highest BCUT2D eigenvalue weighted by molar-refractivity contribution is 5.86. The van der Waals surface area contributed by atoms with Gasteiger partial charge in [0.1, 0.15) is 12.6 Å². The lowest BCUT2D eigenvalue weighted by molar-refractivity contribution is -0.146. The first kappa shape index (κ1) is 14.2. The zero-order valence-corrected chi connectivity index (χ0v) is 10.5. The zero-order chi connectivity index (χ0) is 13.7. The van der Waals surface area contributed by atoms with Crippen LogP contribution in [0.1, 0.15) is 25.5 Å². The van der Waals surface area contributed by atoms with Crippen LogP contribution >= 0.6 is 0 Å². The molecule has 0 aromatic heterocycles. The van der Waals surface area contributed by atoms with E-state index in [4.69, 9.17) is 10.8 Å². The van der Waals surface area contributed by atoms with Crippen molar-refractivity contribution >= 4 is 11.9 Å². The molecule has 0 aliphatic heterocycles. The summed E-state index contributed by atoms with van der Waals surface area (Å²) in [5.41, 5.74) is 6.55. The quantitative estimate of drug-likeness (QED) is 0.816. The van der Waals surface area contributed by atoms with E-state index in [9.17, 15) is 9.59 Å². The Morgan fingerprint density at radius 2 is 1.83 bits per heavy atom. The molecule has 0 saturated carbocycles. The lowest BCUT2D eigenvalue weighted by atomic mass is 10.1. The first-order valence-electron chi connectivity index (χ1n) is 5.76. The van der Waals surface area contributed by atoms with E-state index >= 15 is 0 Å². The van der Waals surface area contributed by atoms with Crippen molar-refractivity contribution in [3.8, 4) is 0 Å². The van der Waals surface area contributed by atoms with Crippen molar-refractivity contribution in [1.29, 1.82) is 0 Å². The number of carboxylic acids is 1. The van der Waals surface area contributed by atoms with Crippen LogP contribution in [0, 0.1) is 0 Å². The van der Waals surface area contributed by atoms with Crippen LogP contribution in [0.4, 0.5) is 0 Å². The number of amides is 1. The molecule has 3 N–H and O–H groups in total. The molecule has 0 aliphatic carbocycles. The van der Waals surface area contributed by atoms with Gasteiger partial charge in [0.25, 0.3) is 0 Å². The Kier molecular flexibility index (Phi) is 4.85. The van der Waals surface area contributed by atoms with Gasteiger partial charge in [-0.1, -0.05) is 30.3 Å². The number of aliphatic carboxylic acids is 1. The van der Waals surface area contributed by atoms with E-state index in [1.54, 1.807) is 38.1 Å². The fourth-order valence-electron chi connectivity index (χ4n) is 1.64. The molecule has 5 nitrogen and oxygen atoms in total. The number of carboxylic acid groups (broad SMARTS) is 1. The van der Waals surface area contributed by atoms with Crippen molar-refractivity contribution in [2.24, 2.45) is 5.73 Å². The Morgan fingerprint density at radius 3 is 2.28 bits per heavy atom. The van der Waals surface area contributed by atoms with Crippen LogP contribution in [-0.4, -0.2) is 34.5 Å². The van der Waals surface area contributed by atoms with E-state index in [2.05, 4.69) is 0 Å². The summed E-state index contributed by atoms with van der Waals surface area (Å²) in [6.45, 7) is 3.19. The highest BCUT2D eigenvalue weighted by atomic mass is 16.4. The molecule has 1 unspecified atom stereocenters. The molecule has 1 aromatic carbocycles. The van der Waals surface area contributed by atoms with Crippen molar-refractivity contribution < 1.29 is 14.7 Å². The van der Waals surface area contributed by atoms with Crippen LogP contribution in [0.25, 0.3) is 0 Å². The monoisotopic (exact) mass is 250 g/mol. The van der Waals surface area contributed by atoms with Gasteiger partial charge in [0.15, 0.2) is 0 Å². The normalized spacial score (nSPS) is 12.2. The summed E-state index contributed by atoms with van der Waals surface area (Å²) in [5, 5.41) is 8.80.